The van der Waals surface area contributed by atoms with Gasteiger partial charge in [0.05, 0.1) is 0 Å². The van der Waals surface area contributed by atoms with E-state index in [0.717, 1.165) is 30.9 Å². The van der Waals surface area contributed by atoms with Gasteiger partial charge >= 0.3 is 0 Å². The van der Waals surface area contributed by atoms with E-state index in [1.807, 2.05) is 29.2 Å². The van der Waals surface area contributed by atoms with Crippen molar-refractivity contribution in [3.63, 3.8) is 0 Å². The zero-order chi connectivity index (χ0) is 12.5. The van der Waals surface area contributed by atoms with Crippen LogP contribution < -0.4 is 10.1 Å². The molecule has 2 heterocycles. The molecule has 2 unspecified atom stereocenters. The lowest BCUT2D eigenvalue weighted by molar-refractivity contribution is -0.135. The molecule has 0 aliphatic carbocycles. The fourth-order valence-corrected chi connectivity index (χ4v) is 2.74. The molecular weight excluding hydrogens is 228 g/mol. The van der Waals surface area contributed by atoms with Crippen molar-refractivity contribution in [2.45, 2.75) is 18.9 Å². The van der Waals surface area contributed by atoms with Gasteiger partial charge in [0, 0.05) is 31.2 Å². The summed E-state index contributed by atoms with van der Waals surface area (Å²) in [5.41, 5.74) is 1.04. The van der Waals surface area contributed by atoms with E-state index in [-0.39, 0.29) is 17.9 Å². The van der Waals surface area contributed by atoms with Crippen LogP contribution in [0.3, 0.4) is 0 Å². The molecule has 1 aromatic rings. The number of ether oxygens (including phenoxy) is 1. The van der Waals surface area contributed by atoms with E-state index in [9.17, 15) is 4.79 Å². The Kier molecular flexibility index (Phi) is 2.96. The van der Waals surface area contributed by atoms with Gasteiger partial charge in [-0.05, 0) is 13.0 Å². The van der Waals surface area contributed by atoms with Gasteiger partial charge in [-0.3, -0.25) is 4.79 Å². The SMILES string of the molecule is CC1CNCCN1C(=O)C1COc2ccccc21. The number of nitrogens with zero attached hydrogens (tertiary/aromatic N) is 1. The molecule has 2 atom stereocenters. The van der Waals surface area contributed by atoms with Crippen molar-refractivity contribution in [2.75, 3.05) is 26.2 Å². The molecular formula is C14H18N2O2. The van der Waals surface area contributed by atoms with E-state index in [4.69, 9.17) is 4.74 Å². The average molecular weight is 246 g/mol. The molecule has 1 aromatic carbocycles. The van der Waals surface area contributed by atoms with Crippen LogP contribution in [0, 0.1) is 0 Å². The van der Waals surface area contributed by atoms with Crippen molar-refractivity contribution < 1.29 is 9.53 Å². The van der Waals surface area contributed by atoms with E-state index in [1.165, 1.54) is 0 Å². The van der Waals surface area contributed by atoms with Crippen LogP contribution in [0.5, 0.6) is 5.75 Å². The average Bonchev–Trinajstić information content (AvgIpc) is 2.82. The molecule has 18 heavy (non-hydrogen) atoms. The summed E-state index contributed by atoms with van der Waals surface area (Å²) >= 11 is 0. The highest BCUT2D eigenvalue weighted by molar-refractivity contribution is 5.86. The van der Waals surface area contributed by atoms with E-state index >= 15 is 0 Å². The van der Waals surface area contributed by atoms with Crippen molar-refractivity contribution in [2.24, 2.45) is 0 Å². The molecule has 2 aliphatic rings. The van der Waals surface area contributed by atoms with Gasteiger partial charge in [-0.15, -0.1) is 0 Å². The van der Waals surface area contributed by atoms with E-state index in [1.54, 1.807) is 0 Å². The Morgan fingerprint density at radius 2 is 2.28 bits per heavy atom. The number of hydrogen-bond donors (Lipinski definition) is 1. The third-order valence-corrected chi connectivity index (χ3v) is 3.78. The fraction of sp³-hybridized carbons (Fsp3) is 0.500. The second kappa shape index (κ2) is 4.61. The molecule has 96 valence electrons. The van der Waals surface area contributed by atoms with Gasteiger partial charge < -0.3 is 15.0 Å². The van der Waals surface area contributed by atoms with Gasteiger partial charge in [0.15, 0.2) is 0 Å². The molecule has 2 aliphatic heterocycles. The molecule has 1 amide bonds. The summed E-state index contributed by atoms with van der Waals surface area (Å²) in [6.45, 7) is 5.12. The summed E-state index contributed by atoms with van der Waals surface area (Å²) in [6, 6.07) is 8.11. The maximum absolute atomic E-state index is 12.6. The van der Waals surface area contributed by atoms with Crippen molar-refractivity contribution >= 4 is 5.91 Å². The Balaban J connectivity index is 1.82. The Morgan fingerprint density at radius 1 is 1.44 bits per heavy atom. The molecule has 4 nitrogen and oxygen atoms in total. The van der Waals surface area contributed by atoms with E-state index < -0.39 is 0 Å². The van der Waals surface area contributed by atoms with E-state index in [2.05, 4.69) is 12.2 Å². The van der Waals surface area contributed by atoms with Crippen LogP contribution in [0.25, 0.3) is 0 Å². The molecule has 1 N–H and O–H groups in total. The van der Waals surface area contributed by atoms with Crippen LogP contribution in [-0.4, -0.2) is 43.1 Å². The maximum atomic E-state index is 12.6. The number of carbonyl (C=O) groups is 1. The largest absolute Gasteiger partial charge is 0.492 e. The van der Waals surface area contributed by atoms with Gasteiger partial charge in [-0.1, -0.05) is 18.2 Å². The highest BCUT2D eigenvalue weighted by Crippen LogP contribution is 2.34. The Morgan fingerprint density at radius 3 is 3.11 bits per heavy atom. The quantitative estimate of drug-likeness (QED) is 0.803. The fourth-order valence-electron chi connectivity index (χ4n) is 2.74. The molecule has 0 saturated carbocycles. The van der Waals surface area contributed by atoms with Crippen LogP contribution in [-0.2, 0) is 4.79 Å². The summed E-state index contributed by atoms with van der Waals surface area (Å²) in [4.78, 5) is 14.6. The van der Waals surface area contributed by atoms with Gasteiger partial charge in [-0.2, -0.15) is 0 Å². The number of fused-ring (bicyclic) bond motifs is 1. The normalized spacial score (nSPS) is 26.6. The number of hydrogen-bond acceptors (Lipinski definition) is 3. The predicted molar refractivity (Wildman–Crippen MR) is 68.7 cm³/mol. The van der Waals surface area contributed by atoms with Crippen molar-refractivity contribution in [1.29, 1.82) is 0 Å². The van der Waals surface area contributed by atoms with E-state index in [0.29, 0.717) is 6.61 Å². The number of carbonyl (C=O) groups excluding carboxylic acids is 1. The number of benzene rings is 1. The van der Waals surface area contributed by atoms with Crippen molar-refractivity contribution in [3.05, 3.63) is 29.8 Å². The van der Waals surface area contributed by atoms with Crippen molar-refractivity contribution in [1.82, 2.24) is 10.2 Å². The summed E-state index contributed by atoms with van der Waals surface area (Å²) in [7, 11) is 0. The summed E-state index contributed by atoms with van der Waals surface area (Å²) < 4.78 is 5.60. The summed E-state index contributed by atoms with van der Waals surface area (Å²) in [6.07, 6.45) is 0. The zero-order valence-electron chi connectivity index (χ0n) is 10.6. The Hall–Kier alpha value is -1.55. The molecule has 1 fully saturated rings. The minimum atomic E-state index is -0.123. The lowest BCUT2D eigenvalue weighted by Crippen LogP contribution is -2.53. The second-order valence-electron chi connectivity index (χ2n) is 4.99. The minimum absolute atomic E-state index is 0.123. The summed E-state index contributed by atoms with van der Waals surface area (Å²) in [5, 5.41) is 3.30. The highest BCUT2D eigenvalue weighted by atomic mass is 16.5. The zero-order valence-corrected chi connectivity index (χ0v) is 10.6. The maximum Gasteiger partial charge on any atom is 0.234 e. The van der Waals surface area contributed by atoms with Crippen LogP contribution in [0.2, 0.25) is 0 Å². The number of piperazine rings is 1. The van der Waals surface area contributed by atoms with Gasteiger partial charge in [0.2, 0.25) is 5.91 Å². The molecule has 0 bridgehead atoms. The molecule has 0 aromatic heterocycles. The van der Waals surface area contributed by atoms with Gasteiger partial charge in [0.25, 0.3) is 0 Å². The standard InChI is InChI=1S/C14H18N2O2/c1-10-8-15-6-7-16(10)14(17)12-9-18-13-5-3-2-4-11(12)13/h2-5,10,12,15H,6-9H2,1H3. The summed E-state index contributed by atoms with van der Waals surface area (Å²) in [5.74, 6) is 0.939. The molecule has 4 heteroatoms. The number of para-hydroxylation sites is 1. The lowest BCUT2D eigenvalue weighted by Gasteiger charge is -2.35. The van der Waals surface area contributed by atoms with Gasteiger partial charge in [-0.25, -0.2) is 0 Å². The first kappa shape index (κ1) is 11.5. The molecule has 3 rings (SSSR count). The first-order valence-corrected chi connectivity index (χ1v) is 6.50. The monoisotopic (exact) mass is 246 g/mol. The minimum Gasteiger partial charge on any atom is -0.492 e. The topological polar surface area (TPSA) is 41.6 Å². The first-order valence-electron chi connectivity index (χ1n) is 6.50. The lowest BCUT2D eigenvalue weighted by atomic mass is 9.98. The number of rotatable bonds is 1. The molecule has 0 radical (unpaired) electrons. The smallest absolute Gasteiger partial charge is 0.234 e. The Labute approximate surface area is 107 Å². The number of nitrogens with one attached hydrogen (secondary N) is 1. The number of amides is 1. The van der Waals surface area contributed by atoms with Crippen LogP contribution in [0.4, 0.5) is 0 Å². The van der Waals surface area contributed by atoms with Crippen LogP contribution >= 0.6 is 0 Å². The van der Waals surface area contributed by atoms with Crippen molar-refractivity contribution in [3.8, 4) is 5.75 Å². The van der Waals surface area contributed by atoms with Crippen LogP contribution in [0.1, 0.15) is 18.4 Å². The third kappa shape index (κ3) is 1.86. The molecule has 1 saturated heterocycles. The third-order valence-electron chi connectivity index (χ3n) is 3.78. The first-order chi connectivity index (χ1) is 8.77. The molecule has 0 spiro atoms. The second-order valence-corrected chi connectivity index (χ2v) is 4.99. The highest BCUT2D eigenvalue weighted by Gasteiger charge is 2.35. The van der Waals surface area contributed by atoms with Crippen LogP contribution in [0.15, 0.2) is 24.3 Å². The predicted octanol–water partition coefficient (Wildman–Crippen LogP) is 0.983. The van der Waals surface area contributed by atoms with Gasteiger partial charge in [0.1, 0.15) is 18.3 Å². The Bertz CT molecular complexity index is 461.